The van der Waals surface area contributed by atoms with E-state index in [9.17, 15) is 4.79 Å². The van der Waals surface area contributed by atoms with E-state index < -0.39 is 0 Å². The van der Waals surface area contributed by atoms with Crippen LogP contribution in [0, 0.1) is 0 Å². The van der Waals surface area contributed by atoms with Crippen LogP contribution in [0.5, 0.6) is 11.5 Å². The first-order chi connectivity index (χ1) is 18.2. The second-order valence-electron chi connectivity index (χ2n) is 8.80. The molecule has 0 unspecified atom stereocenters. The first-order valence-corrected chi connectivity index (χ1v) is 12.1. The highest BCUT2D eigenvalue weighted by Crippen LogP contribution is 2.44. The number of carbonyl (C=O) groups is 1. The van der Waals surface area contributed by atoms with Crippen molar-refractivity contribution in [3.63, 3.8) is 0 Å². The predicted octanol–water partition coefficient (Wildman–Crippen LogP) is 8.07. The van der Waals surface area contributed by atoms with E-state index in [2.05, 4.69) is 6.07 Å². The summed E-state index contributed by atoms with van der Waals surface area (Å²) >= 11 is 0. The highest BCUT2D eigenvalue weighted by molar-refractivity contribution is 6.22. The third-order valence-electron chi connectivity index (χ3n) is 6.51. The molecule has 0 aliphatic carbocycles. The van der Waals surface area contributed by atoms with E-state index in [0.717, 1.165) is 38.6 Å². The number of hydrogen-bond donors (Lipinski definition) is 0. The van der Waals surface area contributed by atoms with Crippen LogP contribution < -0.4 is 9.47 Å². The fourth-order valence-corrected chi connectivity index (χ4v) is 4.68. The number of benzene rings is 5. The van der Waals surface area contributed by atoms with Gasteiger partial charge in [0, 0.05) is 16.5 Å². The van der Waals surface area contributed by atoms with Crippen molar-refractivity contribution in [2.75, 3.05) is 7.11 Å². The van der Waals surface area contributed by atoms with Crippen molar-refractivity contribution in [1.82, 2.24) is 0 Å². The number of carbonyl (C=O) groups excluding carboxylic acids is 1. The summed E-state index contributed by atoms with van der Waals surface area (Å²) < 4.78 is 18.1. The third kappa shape index (κ3) is 4.23. The molecular formula is C33H24O4. The van der Waals surface area contributed by atoms with Crippen molar-refractivity contribution in [1.29, 1.82) is 0 Å². The van der Waals surface area contributed by atoms with Gasteiger partial charge in [-0.3, -0.25) is 4.79 Å². The normalized spacial score (nSPS) is 11.1. The number of ether oxygens (including phenoxy) is 2. The zero-order valence-electron chi connectivity index (χ0n) is 20.3. The summed E-state index contributed by atoms with van der Waals surface area (Å²) in [6, 6.07) is 37.0. The number of rotatable bonds is 7. The minimum absolute atomic E-state index is 0.180. The second-order valence-corrected chi connectivity index (χ2v) is 8.80. The molecule has 0 N–H and O–H groups in total. The van der Waals surface area contributed by atoms with Gasteiger partial charge in [-0.05, 0) is 40.1 Å². The molecule has 0 amide bonds. The topological polar surface area (TPSA) is 48.7 Å². The van der Waals surface area contributed by atoms with Gasteiger partial charge in [0.05, 0.1) is 7.11 Å². The molecule has 0 spiro atoms. The summed E-state index contributed by atoms with van der Waals surface area (Å²) in [5.74, 6) is 1.44. The van der Waals surface area contributed by atoms with Gasteiger partial charge >= 0.3 is 0 Å². The monoisotopic (exact) mass is 484 g/mol. The lowest BCUT2D eigenvalue weighted by Crippen LogP contribution is -2.01. The van der Waals surface area contributed by atoms with Crippen molar-refractivity contribution in [2.24, 2.45) is 0 Å². The summed E-state index contributed by atoms with van der Waals surface area (Å²) in [4.78, 5) is 13.8. The van der Waals surface area contributed by atoms with E-state index in [1.165, 1.54) is 0 Å². The fraction of sp³-hybridized carbons (Fsp3) is 0.0606. The molecule has 1 aromatic heterocycles. The van der Waals surface area contributed by atoms with Crippen LogP contribution in [0.15, 0.2) is 120 Å². The van der Waals surface area contributed by atoms with Gasteiger partial charge in [-0.15, -0.1) is 0 Å². The number of hydrogen-bond acceptors (Lipinski definition) is 4. The van der Waals surface area contributed by atoms with Crippen LogP contribution in [0.4, 0.5) is 0 Å². The van der Waals surface area contributed by atoms with Crippen LogP contribution in [0.25, 0.3) is 32.9 Å². The molecule has 4 nitrogen and oxygen atoms in total. The van der Waals surface area contributed by atoms with E-state index in [0.29, 0.717) is 23.5 Å². The van der Waals surface area contributed by atoms with E-state index in [4.69, 9.17) is 13.9 Å². The van der Waals surface area contributed by atoms with Crippen LogP contribution >= 0.6 is 0 Å². The largest absolute Gasteiger partial charge is 0.497 e. The average molecular weight is 485 g/mol. The maximum absolute atomic E-state index is 13.8. The van der Waals surface area contributed by atoms with Gasteiger partial charge in [0.2, 0.25) is 5.78 Å². The third-order valence-corrected chi connectivity index (χ3v) is 6.51. The van der Waals surface area contributed by atoms with Crippen LogP contribution in [0.3, 0.4) is 0 Å². The maximum Gasteiger partial charge on any atom is 0.228 e. The van der Waals surface area contributed by atoms with Gasteiger partial charge in [0.1, 0.15) is 12.4 Å². The molecule has 0 aliphatic heterocycles. The molecule has 0 atom stereocenters. The lowest BCUT2D eigenvalue weighted by Gasteiger charge is -2.10. The Kier molecular flexibility index (Phi) is 5.91. The molecule has 6 aromatic rings. The lowest BCUT2D eigenvalue weighted by molar-refractivity contribution is 0.101. The number of ketones is 1. The van der Waals surface area contributed by atoms with Crippen LogP contribution in [0.1, 0.15) is 21.7 Å². The Morgan fingerprint density at radius 1 is 0.784 bits per heavy atom. The van der Waals surface area contributed by atoms with Crippen molar-refractivity contribution < 1.29 is 18.7 Å². The van der Waals surface area contributed by atoms with Crippen molar-refractivity contribution in [2.45, 2.75) is 6.61 Å². The van der Waals surface area contributed by atoms with Crippen molar-refractivity contribution in [3.8, 4) is 22.6 Å². The average Bonchev–Trinajstić information content (AvgIpc) is 3.38. The molecule has 1 heterocycles. The first kappa shape index (κ1) is 22.6. The molecule has 0 radical (unpaired) electrons. The summed E-state index contributed by atoms with van der Waals surface area (Å²) in [6.07, 6.45) is 0. The summed E-state index contributed by atoms with van der Waals surface area (Å²) in [7, 11) is 1.64. The standard InChI is InChI=1S/C33H24O4/c1-35-26-18-16-23(17-19-26)29-30-27-15-9-8-14-25(27)20-28(36-21-22-10-4-2-5-11-22)32(30)37-33(29)31(34)24-12-6-3-7-13-24/h2-20H,21H2,1H3. The molecule has 5 aromatic carbocycles. The second kappa shape index (κ2) is 9.67. The Hall–Kier alpha value is -4.83. The van der Waals surface area contributed by atoms with Gasteiger partial charge < -0.3 is 13.9 Å². The van der Waals surface area contributed by atoms with Gasteiger partial charge in [0.15, 0.2) is 17.1 Å². The summed E-state index contributed by atoms with van der Waals surface area (Å²) in [5.41, 5.74) is 3.77. The Morgan fingerprint density at radius 2 is 1.46 bits per heavy atom. The van der Waals surface area contributed by atoms with E-state index in [1.807, 2.05) is 97.1 Å². The van der Waals surface area contributed by atoms with Crippen LogP contribution in [-0.2, 0) is 6.61 Å². The molecule has 4 heteroatoms. The summed E-state index contributed by atoms with van der Waals surface area (Å²) in [6.45, 7) is 0.384. The molecule has 0 aliphatic rings. The first-order valence-electron chi connectivity index (χ1n) is 12.1. The van der Waals surface area contributed by atoms with Crippen molar-refractivity contribution >= 4 is 27.5 Å². The zero-order valence-corrected chi connectivity index (χ0v) is 20.3. The van der Waals surface area contributed by atoms with Gasteiger partial charge in [-0.1, -0.05) is 97.1 Å². The van der Waals surface area contributed by atoms with E-state index >= 15 is 0 Å². The molecule has 180 valence electrons. The number of fused-ring (bicyclic) bond motifs is 3. The zero-order chi connectivity index (χ0) is 25.2. The molecule has 6 rings (SSSR count). The van der Waals surface area contributed by atoms with Crippen molar-refractivity contribution in [3.05, 3.63) is 132 Å². The number of methoxy groups -OCH3 is 1. The van der Waals surface area contributed by atoms with Gasteiger partial charge in [0.25, 0.3) is 0 Å². The Morgan fingerprint density at radius 3 is 2.19 bits per heavy atom. The Bertz CT molecular complexity index is 1700. The number of furan rings is 1. The fourth-order valence-electron chi connectivity index (χ4n) is 4.68. The molecular weight excluding hydrogens is 460 g/mol. The van der Waals surface area contributed by atoms with E-state index in [1.54, 1.807) is 19.2 Å². The summed E-state index contributed by atoms with van der Waals surface area (Å²) in [5, 5.41) is 2.85. The van der Waals surface area contributed by atoms with Crippen LogP contribution in [-0.4, -0.2) is 12.9 Å². The SMILES string of the molecule is COc1ccc(-c2c(C(=O)c3ccccc3)oc3c(OCc4ccccc4)cc4ccccc4c23)cc1. The molecule has 37 heavy (non-hydrogen) atoms. The highest BCUT2D eigenvalue weighted by Gasteiger charge is 2.27. The molecule has 0 fully saturated rings. The lowest BCUT2D eigenvalue weighted by atomic mass is 9.94. The molecule has 0 bridgehead atoms. The highest BCUT2D eigenvalue weighted by atomic mass is 16.5. The minimum Gasteiger partial charge on any atom is -0.497 e. The predicted molar refractivity (Wildman–Crippen MR) is 146 cm³/mol. The molecule has 0 saturated heterocycles. The van der Waals surface area contributed by atoms with Gasteiger partial charge in [-0.25, -0.2) is 0 Å². The van der Waals surface area contributed by atoms with Crippen LogP contribution in [0.2, 0.25) is 0 Å². The maximum atomic E-state index is 13.8. The smallest absolute Gasteiger partial charge is 0.228 e. The Balaban J connectivity index is 1.62. The van der Waals surface area contributed by atoms with Gasteiger partial charge in [-0.2, -0.15) is 0 Å². The van der Waals surface area contributed by atoms with E-state index in [-0.39, 0.29) is 11.5 Å². The molecule has 0 saturated carbocycles. The Labute approximate surface area is 214 Å². The quantitative estimate of drug-likeness (QED) is 0.215. The minimum atomic E-state index is -0.180.